The normalized spacial score (nSPS) is 13.2. The minimum Gasteiger partial charge on any atom is -0.341 e. The van der Waals surface area contributed by atoms with Crippen molar-refractivity contribution in [1.29, 1.82) is 0 Å². The van der Waals surface area contributed by atoms with E-state index in [4.69, 9.17) is 0 Å². The van der Waals surface area contributed by atoms with Gasteiger partial charge in [-0.3, -0.25) is 0 Å². The van der Waals surface area contributed by atoms with Crippen LogP contribution < -0.4 is 19.6 Å². The maximum absolute atomic E-state index is 2.49. The van der Waals surface area contributed by atoms with Gasteiger partial charge in [0.05, 0.1) is 45.5 Å². The number of hydrogen-bond donors (Lipinski definition) is 0. The molecule has 6 heteroatoms. The first-order chi connectivity index (χ1) is 34.6. The maximum Gasteiger partial charge on any atom is 0.0699 e. The lowest BCUT2D eigenvalue weighted by molar-refractivity contribution is 1.13. The van der Waals surface area contributed by atoms with Crippen LogP contribution in [0.15, 0.2) is 218 Å². The van der Waals surface area contributed by atoms with Crippen molar-refractivity contribution in [3.63, 3.8) is 0 Å². The number of rotatable bonds is 4. The standard InChI is InChI=1S/C64H42N4S2/c1-65-51-23-5-9-27-55(51)67(56-28-10-6-24-52(56)65)39-33-35-43-49(37-39)61(47-21-15-19-45-41-17-3-13-31-59(41)69-63(45)47)44-36-34-40(68-57-29-11-7-25-53(57)66(2)54-26-8-12-30-58(54)68)38-50(44)62(43)48-22-16-20-46-42-18-4-14-32-60(42)70-64(46)48/h3-38H,1-2H3. The molecule has 70 heavy (non-hydrogen) atoms. The second kappa shape index (κ2) is 15.0. The van der Waals surface area contributed by atoms with Crippen LogP contribution in [0.25, 0.3) is 84.1 Å². The molecule has 4 heterocycles. The van der Waals surface area contributed by atoms with Crippen molar-refractivity contribution >= 4 is 141 Å². The van der Waals surface area contributed by atoms with Crippen LogP contribution in [0.1, 0.15) is 0 Å². The van der Waals surface area contributed by atoms with Crippen LogP contribution in [0.2, 0.25) is 0 Å². The van der Waals surface area contributed by atoms with Crippen LogP contribution in [0.4, 0.5) is 56.9 Å². The lowest BCUT2D eigenvalue weighted by Gasteiger charge is -2.39. The molecule has 15 rings (SSSR count). The molecule has 0 spiro atoms. The molecule has 0 saturated carbocycles. The summed E-state index contributed by atoms with van der Waals surface area (Å²) in [6, 6.07) is 81.4. The molecule has 0 unspecified atom stereocenters. The van der Waals surface area contributed by atoms with Crippen LogP contribution in [0.3, 0.4) is 0 Å². The van der Waals surface area contributed by atoms with Crippen molar-refractivity contribution in [3.8, 4) is 22.3 Å². The van der Waals surface area contributed by atoms with Gasteiger partial charge < -0.3 is 19.6 Å². The molecule has 2 aliphatic heterocycles. The van der Waals surface area contributed by atoms with E-state index in [0.717, 1.165) is 34.1 Å². The highest BCUT2D eigenvalue weighted by Gasteiger charge is 2.31. The van der Waals surface area contributed by atoms with E-state index < -0.39 is 0 Å². The first-order valence-corrected chi connectivity index (χ1v) is 25.5. The van der Waals surface area contributed by atoms with E-state index in [-0.39, 0.29) is 0 Å². The Balaban J connectivity index is 1.10. The summed E-state index contributed by atoms with van der Waals surface area (Å²) in [5.41, 5.74) is 16.6. The summed E-state index contributed by atoms with van der Waals surface area (Å²) in [5, 5.41) is 10.1. The number of thiophene rings is 2. The third kappa shape index (κ3) is 5.57. The van der Waals surface area contributed by atoms with Gasteiger partial charge in [-0.15, -0.1) is 22.7 Å². The number of benzene rings is 11. The summed E-state index contributed by atoms with van der Waals surface area (Å²) in [7, 11) is 4.36. The van der Waals surface area contributed by atoms with E-state index in [2.05, 4.69) is 252 Å². The van der Waals surface area contributed by atoms with E-state index in [0.29, 0.717) is 0 Å². The smallest absolute Gasteiger partial charge is 0.0699 e. The quantitative estimate of drug-likeness (QED) is 0.163. The summed E-state index contributed by atoms with van der Waals surface area (Å²) in [6.07, 6.45) is 0. The van der Waals surface area contributed by atoms with Gasteiger partial charge in [0, 0.05) is 76.9 Å². The van der Waals surface area contributed by atoms with Crippen molar-refractivity contribution in [3.05, 3.63) is 218 Å². The Kier molecular flexibility index (Phi) is 8.50. The number of nitrogens with zero attached hydrogens (tertiary/aromatic N) is 4. The minimum absolute atomic E-state index is 1.12. The average Bonchev–Trinajstić information content (AvgIpc) is 4.00. The molecule has 0 bridgehead atoms. The van der Waals surface area contributed by atoms with Crippen molar-refractivity contribution in [2.45, 2.75) is 0 Å². The largest absolute Gasteiger partial charge is 0.341 e. The number of hydrogen-bond acceptors (Lipinski definition) is 6. The molecule has 4 nitrogen and oxygen atoms in total. The Morgan fingerprint density at radius 1 is 0.271 bits per heavy atom. The lowest BCUT2D eigenvalue weighted by atomic mass is 9.84. The van der Waals surface area contributed by atoms with Crippen LogP contribution in [-0.4, -0.2) is 14.1 Å². The number of fused-ring (bicyclic) bond motifs is 12. The van der Waals surface area contributed by atoms with Gasteiger partial charge in [0.2, 0.25) is 0 Å². The second-order valence-electron chi connectivity index (χ2n) is 18.5. The molecule has 11 aromatic carbocycles. The van der Waals surface area contributed by atoms with Crippen molar-refractivity contribution in [1.82, 2.24) is 0 Å². The third-order valence-corrected chi connectivity index (χ3v) is 17.3. The average molecular weight is 931 g/mol. The van der Waals surface area contributed by atoms with Gasteiger partial charge in [0.25, 0.3) is 0 Å². The summed E-state index contributed by atoms with van der Waals surface area (Å²) < 4.78 is 5.20. The Morgan fingerprint density at radius 3 is 0.986 bits per heavy atom. The monoisotopic (exact) mass is 930 g/mol. The molecule has 0 N–H and O–H groups in total. The molecule has 13 aromatic rings. The van der Waals surface area contributed by atoms with Gasteiger partial charge in [0.1, 0.15) is 0 Å². The zero-order chi connectivity index (χ0) is 46.2. The first kappa shape index (κ1) is 39.6. The number of anilines is 10. The maximum atomic E-state index is 2.49. The molecule has 2 aromatic heterocycles. The number of para-hydroxylation sites is 8. The van der Waals surface area contributed by atoms with E-state index in [9.17, 15) is 0 Å². The predicted octanol–water partition coefficient (Wildman–Crippen LogP) is 19.2. The fourth-order valence-electron chi connectivity index (χ4n) is 11.8. The topological polar surface area (TPSA) is 13.0 Å². The zero-order valence-corrected chi connectivity index (χ0v) is 40.0. The molecule has 0 amide bonds. The molecule has 330 valence electrons. The summed E-state index contributed by atoms with van der Waals surface area (Å²) in [5.74, 6) is 0. The van der Waals surface area contributed by atoms with Crippen molar-refractivity contribution < 1.29 is 0 Å². The van der Waals surface area contributed by atoms with Gasteiger partial charge in [0.15, 0.2) is 0 Å². The molecule has 0 atom stereocenters. The predicted molar refractivity (Wildman–Crippen MR) is 304 cm³/mol. The minimum atomic E-state index is 1.12. The summed E-state index contributed by atoms with van der Waals surface area (Å²) in [6.45, 7) is 0. The third-order valence-electron chi connectivity index (χ3n) is 14.9. The zero-order valence-electron chi connectivity index (χ0n) is 38.4. The van der Waals surface area contributed by atoms with Gasteiger partial charge in [-0.1, -0.05) is 133 Å². The highest BCUT2D eigenvalue weighted by atomic mass is 32.1. The molecule has 2 aliphatic rings. The van der Waals surface area contributed by atoms with Crippen LogP contribution in [0.5, 0.6) is 0 Å². The van der Waals surface area contributed by atoms with Gasteiger partial charge in [-0.2, -0.15) is 0 Å². The van der Waals surface area contributed by atoms with Crippen LogP contribution >= 0.6 is 22.7 Å². The van der Waals surface area contributed by atoms with Crippen molar-refractivity contribution in [2.24, 2.45) is 0 Å². The van der Waals surface area contributed by atoms with E-state index in [1.807, 2.05) is 22.7 Å². The van der Waals surface area contributed by atoms with E-state index in [1.165, 1.54) is 107 Å². The Morgan fingerprint density at radius 2 is 0.600 bits per heavy atom. The summed E-state index contributed by atoms with van der Waals surface area (Å²) in [4.78, 5) is 9.58. The highest BCUT2D eigenvalue weighted by Crippen LogP contribution is 2.56. The van der Waals surface area contributed by atoms with Gasteiger partial charge >= 0.3 is 0 Å². The molecule has 0 fully saturated rings. The van der Waals surface area contributed by atoms with Gasteiger partial charge in [-0.25, -0.2) is 0 Å². The lowest BCUT2D eigenvalue weighted by Crippen LogP contribution is -2.24. The van der Waals surface area contributed by atoms with Crippen LogP contribution in [0, 0.1) is 0 Å². The second-order valence-corrected chi connectivity index (χ2v) is 20.6. The van der Waals surface area contributed by atoms with Crippen LogP contribution in [-0.2, 0) is 0 Å². The Hall–Kier alpha value is -8.42. The molecule has 0 saturated heterocycles. The highest BCUT2D eigenvalue weighted by molar-refractivity contribution is 7.26. The molecular weight excluding hydrogens is 889 g/mol. The first-order valence-electron chi connectivity index (χ1n) is 23.9. The molecule has 0 aliphatic carbocycles. The molecule has 0 radical (unpaired) electrons. The summed E-state index contributed by atoms with van der Waals surface area (Å²) >= 11 is 3.80. The fraction of sp³-hybridized carbons (Fsp3) is 0.0312. The van der Waals surface area contributed by atoms with Gasteiger partial charge in [-0.05, 0) is 118 Å². The van der Waals surface area contributed by atoms with E-state index in [1.54, 1.807) is 0 Å². The fourth-order valence-corrected chi connectivity index (χ4v) is 14.2. The van der Waals surface area contributed by atoms with Crippen molar-refractivity contribution in [2.75, 3.05) is 33.7 Å². The Bertz CT molecular complexity index is 3960. The Labute approximate surface area is 413 Å². The SMILES string of the molecule is CN1c2ccccc2N(c2ccc3c(-c4cccc5c4sc4ccccc45)c4cc(N5c6ccccc6N(C)c6ccccc65)ccc4c(-c4cccc5c4sc4ccccc45)c3c2)c2ccccc21. The van der Waals surface area contributed by atoms with E-state index >= 15 is 0 Å². The molecular formula is C64H42N4S2.